The normalized spacial score (nSPS) is 16.0. The van der Waals surface area contributed by atoms with E-state index in [2.05, 4.69) is 12.1 Å². The van der Waals surface area contributed by atoms with Crippen molar-refractivity contribution in [3.8, 4) is 0 Å². The highest BCUT2D eigenvalue weighted by atomic mass is 16.6. The molecular formula is C11H11NO2. The lowest BCUT2D eigenvalue weighted by Gasteiger charge is -1.97. The van der Waals surface area contributed by atoms with Crippen molar-refractivity contribution in [2.45, 2.75) is 18.8 Å². The lowest BCUT2D eigenvalue weighted by atomic mass is 10.1. The fourth-order valence-corrected chi connectivity index (χ4v) is 1.44. The molecule has 1 aromatic carbocycles. The van der Waals surface area contributed by atoms with Crippen LogP contribution in [0.5, 0.6) is 0 Å². The van der Waals surface area contributed by atoms with Gasteiger partial charge in [-0.3, -0.25) is 10.1 Å². The molecule has 1 aliphatic carbocycles. The zero-order valence-corrected chi connectivity index (χ0v) is 7.72. The number of rotatable bonds is 3. The van der Waals surface area contributed by atoms with E-state index in [9.17, 15) is 10.1 Å². The van der Waals surface area contributed by atoms with Gasteiger partial charge in [-0.2, -0.15) is 0 Å². The Labute approximate surface area is 82.2 Å². The molecule has 0 amide bonds. The highest BCUT2D eigenvalue weighted by molar-refractivity contribution is 5.49. The molecule has 0 spiro atoms. The molecule has 0 radical (unpaired) electrons. The minimum atomic E-state index is -0.450. The van der Waals surface area contributed by atoms with Crippen LogP contribution in [0.3, 0.4) is 0 Å². The van der Waals surface area contributed by atoms with E-state index in [4.69, 9.17) is 0 Å². The minimum Gasteiger partial charge on any atom is -0.259 e. The quantitative estimate of drug-likeness (QED) is 0.542. The van der Waals surface area contributed by atoms with Crippen LogP contribution in [0.25, 0.3) is 6.08 Å². The highest BCUT2D eigenvalue weighted by Crippen LogP contribution is 2.39. The Kier molecular flexibility index (Phi) is 2.31. The second-order valence-corrected chi connectivity index (χ2v) is 3.54. The van der Waals surface area contributed by atoms with Crippen LogP contribution >= 0.6 is 0 Å². The van der Waals surface area contributed by atoms with Crippen molar-refractivity contribution in [2.24, 2.45) is 0 Å². The van der Waals surface area contributed by atoms with Crippen molar-refractivity contribution in [1.82, 2.24) is 0 Å². The zero-order valence-electron chi connectivity index (χ0n) is 7.72. The van der Waals surface area contributed by atoms with Crippen molar-refractivity contribution in [1.29, 1.82) is 0 Å². The summed E-state index contributed by atoms with van der Waals surface area (Å²) in [7, 11) is 0. The first-order valence-corrected chi connectivity index (χ1v) is 4.67. The minimum absolute atomic E-state index is 0.450. The van der Waals surface area contributed by atoms with E-state index in [0.717, 1.165) is 17.7 Å². The second kappa shape index (κ2) is 3.62. The Hall–Kier alpha value is -1.64. The van der Waals surface area contributed by atoms with Gasteiger partial charge in [0.1, 0.15) is 0 Å². The molecule has 0 atom stereocenters. The molecule has 2 rings (SSSR count). The second-order valence-electron chi connectivity index (χ2n) is 3.54. The number of hydrogen-bond acceptors (Lipinski definition) is 2. The van der Waals surface area contributed by atoms with Crippen LogP contribution in [-0.4, -0.2) is 4.92 Å². The molecule has 14 heavy (non-hydrogen) atoms. The third kappa shape index (κ3) is 2.19. The summed E-state index contributed by atoms with van der Waals surface area (Å²) in [6, 6.07) is 7.95. The first-order valence-electron chi connectivity index (χ1n) is 4.67. The van der Waals surface area contributed by atoms with Crippen LogP contribution in [-0.2, 0) is 0 Å². The monoisotopic (exact) mass is 189 g/mol. The van der Waals surface area contributed by atoms with Gasteiger partial charge in [0.15, 0.2) is 0 Å². The van der Waals surface area contributed by atoms with E-state index in [1.807, 2.05) is 12.1 Å². The van der Waals surface area contributed by atoms with E-state index >= 15 is 0 Å². The van der Waals surface area contributed by atoms with Crippen LogP contribution in [0.1, 0.15) is 29.9 Å². The van der Waals surface area contributed by atoms with E-state index < -0.39 is 4.92 Å². The molecular weight excluding hydrogens is 178 g/mol. The summed E-state index contributed by atoms with van der Waals surface area (Å²) in [4.78, 5) is 9.63. The molecule has 3 heteroatoms. The van der Waals surface area contributed by atoms with E-state index in [1.165, 1.54) is 24.5 Å². The molecule has 0 aromatic heterocycles. The zero-order chi connectivity index (χ0) is 9.97. The maximum absolute atomic E-state index is 10.1. The van der Waals surface area contributed by atoms with Crippen molar-refractivity contribution >= 4 is 6.08 Å². The van der Waals surface area contributed by atoms with Gasteiger partial charge in [-0.05, 0) is 29.9 Å². The van der Waals surface area contributed by atoms with Gasteiger partial charge in [0.05, 0.1) is 4.92 Å². The van der Waals surface area contributed by atoms with Crippen LogP contribution in [0, 0.1) is 10.1 Å². The van der Waals surface area contributed by atoms with Gasteiger partial charge in [0.2, 0.25) is 6.20 Å². The van der Waals surface area contributed by atoms with Crippen LogP contribution in [0.4, 0.5) is 0 Å². The van der Waals surface area contributed by atoms with Crippen molar-refractivity contribution in [3.63, 3.8) is 0 Å². The largest absolute Gasteiger partial charge is 0.259 e. The van der Waals surface area contributed by atoms with Crippen molar-refractivity contribution in [2.75, 3.05) is 0 Å². The van der Waals surface area contributed by atoms with Crippen molar-refractivity contribution < 1.29 is 4.92 Å². The summed E-state index contributed by atoms with van der Waals surface area (Å²) in [5.74, 6) is 0.739. The molecule has 72 valence electrons. The smallest absolute Gasteiger partial charge is 0.235 e. The molecule has 3 nitrogen and oxygen atoms in total. The van der Waals surface area contributed by atoms with Gasteiger partial charge in [0.25, 0.3) is 0 Å². The Morgan fingerprint density at radius 2 is 1.93 bits per heavy atom. The SMILES string of the molecule is O=[N+]([O-])C=Cc1ccc(C2CC2)cc1. The molecule has 1 saturated carbocycles. The number of nitro groups is 1. The van der Waals surface area contributed by atoms with E-state index in [-0.39, 0.29) is 0 Å². The first-order chi connectivity index (χ1) is 6.75. The van der Waals surface area contributed by atoms with Crippen LogP contribution in [0.15, 0.2) is 30.5 Å². The molecule has 0 saturated heterocycles. The summed E-state index contributed by atoms with van der Waals surface area (Å²) in [6.45, 7) is 0. The standard InChI is InChI=1S/C11H11NO2/c13-12(14)8-7-9-1-3-10(4-2-9)11-5-6-11/h1-4,7-8,11H,5-6H2. The van der Waals surface area contributed by atoms with Crippen LogP contribution < -0.4 is 0 Å². The maximum atomic E-state index is 10.1. The van der Waals surface area contributed by atoms with E-state index in [1.54, 1.807) is 0 Å². The fraction of sp³-hybridized carbons (Fsp3) is 0.273. The summed E-state index contributed by atoms with van der Waals surface area (Å²) >= 11 is 0. The van der Waals surface area contributed by atoms with Gasteiger partial charge in [-0.25, -0.2) is 0 Å². The highest BCUT2D eigenvalue weighted by Gasteiger charge is 2.22. The molecule has 1 fully saturated rings. The molecule has 0 N–H and O–H groups in total. The lowest BCUT2D eigenvalue weighted by Crippen LogP contribution is -1.83. The maximum Gasteiger partial charge on any atom is 0.235 e. The number of benzene rings is 1. The topological polar surface area (TPSA) is 43.1 Å². The predicted octanol–water partition coefficient (Wildman–Crippen LogP) is 2.81. The molecule has 0 unspecified atom stereocenters. The molecule has 1 aliphatic rings. The summed E-state index contributed by atoms with van der Waals surface area (Å²) in [5.41, 5.74) is 2.23. The number of hydrogen-bond donors (Lipinski definition) is 0. The van der Waals surface area contributed by atoms with Gasteiger partial charge in [0, 0.05) is 6.08 Å². The van der Waals surface area contributed by atoms with Gasteiger partial charge < -0.3 is 0 Å². The summed E-state index contributed by atoms with van der Waals surface area (Å²) in [5, 5.41) is 10.1. The molecule has 1 aromatic rings. The Morgan fingerprint density at radius 1 is 1.29 bits per heavy atom. The fourth-order valence-electron chi connectivity index (χ4n) is 1.44. The Morgan fingerprint density at radius 3 is 2.43 bits per heavy atom. The third-order valence-electron chi connectivity index (χ3n) is 2.37. The summed E-state index contributed by atoms with van der Waals surface area (Å²) < 4.78 is 0. The Bertz CT molecular complexity index is 363. The lowest BCUT2D eigenvalue weighted by molar-refractivity contribution is -0.400. The van der Waals surface area contributed by atoms with Gasteiger partial charge in [-0.1, -0.05) is 24.3 Å². The van der Waals surface area contributed by atoms with Gasteiger partial charge >= 0.3 is 0 Å². The average Bonchev–Trinajstić information content (AvgIpc) is 2.99. The van der Waals surface area contributed by atoms with E-state index in [0.29, 0.717) is 0 Å². The predicted molar refractivity (Wildman–Crippen MR) is 54.4 cm³/mol. The number of nitrogens with zero attached hydrogens (tertiary/aromatic N) is 1. The summed E-state index contributed by atoms with van der Waals surface area (Å²) in [6.07, 6.45) is 5.04. The van der Waals surface area contributed by atoms with Crippen LogP contribution in [0.2, 0.25) is 0 Å². The van der Waals surface area contributed by atoms with Gasteiger partial charge in [-0.15, -0.1) is 0 Å². The first kappa shape index (κ1) is 8.94. The molecule has 0 heterocycles. The average molecular weight is 189 g/mol. The Balaban J connectivity index is 2.09. The third-order valence-corrected chi connectivity index (χ3v) is 2.37. The molecule has 0 bridgehead atoms. The van der Waals surface area contributed by atoms with Crippen molar-refractivity contribution in [3.05, 3.63) is 51.7 Å². The molecule has 0 aliphatic heterocycles.